The van der Waals surface area contributed by atoms with Gasteiger partial charge in [-0.1, -0.05) is 11.6 Å². The van der Waals surface area contributed by atoms with Gasteiger partial charge in [-0.25, -0.2) is 12.8 Å². The van der Waals surface area contributed by atoms with Crippen LogP contribution in [-0.4, -0.2) is 49.7 Å². The molecule has 0 saturated carbocycles. The minimum atomic E-state index is -4.11. The molecule has 0 radical (unpaired) electrons. The third-order valence-electron chi connectivity index (χ3n) is 3.15. The number of aliphatic hydroxyl groups is 1. The SMILES string of the molecule is CC1CN(S(=O)(=O)c2cc(Cl)cc(N)c2F)CC(CO)O1. The van der Waals surface area contributed by atoms with Gasteiger partial charge in [0.25, 0.3) is 0 Å². The van der Waals surface area contributed by atoms with Gasteiger partial charge in [0.2, 0.25) is 10.0 Å². The third kappa shape index (κ3) is 3.29. The minimum absolute atomic E-state index is 0.0347. The Morgan fingerprint density at radius 1 is 1.52 bits per heavy atom. The Balaban J connectivity index is 2.42. The standard InChI is InChI=1S/C12H16ClFN2O4S/c1-7-4-16(5-9(6-17)20-7)21(18,19)11-3-8(13)2-10(15)12(11)14/h2-3,7,9,17H,4-6,15H2,1H3. The second-order valence-electron chi connectivity index (χ2n) is 4.88. The number of sulfonamides is 1. The van der Waals surface area contributed by atoms with Crippen molar-refractivity contribution in [1.29, 1.82) is 0 Å². The van der Waals surface area contributed by atoms with Gasteiger partial charge < -0.3 is 15.6 Å². The number of benzene rings is 1. The zero-order chi connectivity index (χ0) is 15.8. The van der Waals surface area contributed by atoms with Crippen LogP contribution in [0.1, 0.15) is 6.92 Å². The van der Waals surface area contributed by atoms with E-state index in [1.54, 1.807) is 6.92 Å². The number of aliphatic hydroxyl groups excluding tert-OH is 1. The highest BCUT2D eigenvalue weighted by Gasteiger charge is 2.35. The summed E-state index contributed by atoms with van der Waals surface area (Å²) in [5, 5.41) is 9.18. The van der Waals surface area contributed by atoms with Gasteiger partial charge in [0, 0.05) is 18.1 Å². The molecule has 6 nitrogen and oxygen atoms in total. The fourth-order valence-electron chi connectivity index (χ4n) is 2.21. The number of nitrogens with two attached hydrogens (primary N) is 1. The maximum absolute atomic E-state index is 14.0. The zero-order valence-electron chi connectivity index (χ0n) is 11.3. The molecule has 0 bridgehead atoms. The van der Waals surface area contributed by atoms with Crippen molar-refractivity contribution in [1.82, 2.24) is 4.31 Å². The number of morpholine rings is 1. The van der Waals surface area contributed by atoms with E-state index in [2.05, 4.69) is 0 Å². The lowest BCUT2D eigenvalue weighted by Gasteiger charge is -2.35. The van der Waals surface area contributed by atoms with Crippen LogP contribution >= 0.6 is 11.6 Å². The van der Waals surface area contributed by atoms with E-state index in [1.807, 2.05) is 0 Å². The van der Waals surface area contributed by atoms with Gasteiger partial charge in [0.1, 0.15) is 4.90 Å². The summed E-state index contributed by atoms with van der Waals surface area (Å²) in [6, 6.07) is 2.17. The number of nitrogen functional groups attached to an aromatic ring is 1. The van der Waals surface area contributed by atoms with Crippen LogP contribution in [0.15, 0.2) is 17.0 Å². The molecule has 1 saturated heterocycles. The van der Waals surface area contributed by atoms with E-state index in [4.69, 9.17) is 27.2 Å². The monoisotopic (exact) mass is 338 g/mol. The molecule has 2 atom stereocenters. The Morgan fingerprint density at radius 3 is 2.81 bits per heavy atom. The van der Waals surface area contributed by atoms with E-state index in [1.165, 1.54) is 0 Å². The van der Waals surface area contributed by atoms with Crippen molar-refractivity contribution in [2.75, 3.05) is 25.4 Å². The van der Waals surface area contributed by atoms with E-state index < -0.39 is 32.9 Å². The van der Waals surface area contributed by atoms with Crippen molar-refractivity contribution in [3.8, 4) is 0 Å². The molecule has 118 valence electrons. The molecule has 1 heterocycles. The Hall–Kier alpha value is -0.930. The number of hydrogen-bond donors (Lipinski definition) is 2. The van der Waals surface area contributed by atoms with Crippen LogP contribution in [0, 0.1) is 5.82 Å². The van der Waals surface area contributed by atoms with E-state index in [9.17, 15) is 12.8 Å². The summed E-state index contributed by atoms with van der Waals surface area (Å²) in [6.45, 7) is 1.35. The summed E-state index contributed by atoms with van der Waals surface area (Å²) in [6.07, 6.45) is -1.06. The smallest absolute Gasteiger partial charge is 0.246 e. The first kappa shape index (κ1) is 16.4. The molecule has 1 aromatic rings. The first-order valence-corrected chi connectivity index (χ1v) is 8.08. The van der Waals surface area contributed by atoms with Crippen LogP contribution in [0.25, 0.3) is 0 Å². The van der Waals surface area contributed by atoms with Crippen LogP contribution < -0.4 is 5.73 Å². The molecular weight excluding hydrogens is 323 g/mol. The molecule has 21 heavy (non-hydrogen) atoms. The molecule has 0 aromatic heterocycles. The molecule has 3 N–H and O–H groups in total. The topological polar surface area (TPSA) is 92.9 Å². The van der Waals surface area contributed by atoms with Crippen LogP contribution in [0.2, 0.25) is 5.02 Å². The second-order valence-corrected chi connectivity index (χ2v) is 7.22. The molecule has 1 aromatic carbocycles. The molecule has 0 aliphatic carbocycles. The maximum Gasteiger partial charge on any atom is 0.246 e. The van der Waals surface area contributed by atoms with Crippen LogP contribution in [-0.2, 0) is 14.8 Å². The zero-order valence-corrected chi connectivity index (χ0v) is 12.9. The van der Waals surface area contributed by atoms with E-state index in [-0.39, 0.29) is 30.4 Å². The third-order valence-corrected chi connectivity index (χ3v) is 5.20. The normalized spacial score (nSPS) is 24.2. The van der Waals surface area contributed by atoms with Gasteiger partial charge in [0.15, 0.2) is 5.82 Å². The number of rotatable bonds is 3. The minimum Gasteiger partial charge on any atom is -0.396 e. The molecule has 1 aliphatic rings. The van der Waals surface area contributed by atoms with Gasteiger partial charge in [-0.05, 0) is 19.1 Å². The fraction of sp³-hybridized carbons (Fsp3) is 0.500. The van der Waals surface area contributed by atoms with Crippen molar-refractivity contribution in [2.45, 2.75) is 24.0 Å². The highest BCUT2D eigenvalue weighted by Crippen LogP contribution is 2.29. The average Bonchev–Trinajstić information content (AvgIpc) is 2.41. The van der Waals surface area contributed by atoms with Gasteiger partial charge in [-0.15, -0.1) is 0 Å². The lowest BCUT2D eigenvalue weighted by Crippen LogP contribution is -2.50. The van der Waals surface area contributed by atoms with Gasteiger partial charge in [0.05, 0.1) is 24.5 Å². The first-order valence-electron chi connectivity index (χ1n) is 6.26. The van der Waals surface area contributed by atoms with Crippen LogP contribution in [0.3, 0.4) is 0 Å². The van der Waals surface area contributed by atoms with E-state index >= 15 is 0 Å². The second kappa shape index (κ2) is 6.05. The Labute approximate surface area is 127 Å². The summed E-state index contributed by atoms with van der Waals surface area (Å²) < 4.78 is 45.6. The molecule has 0 spiro atoms. The predicted molar refractivity (Wildman–Crippen MR) is 76.0 cm³/mol. The largest absolute Gasteiger partial charge is 0.396 e. The highest BCUT2D eigenvalue weighted by molar-refractivity contribution is 7.89. The van der Waals surface area contributed by atoms with Crippen LogP contribution in [0.5, 0.6) is 0 Å². The van der Waals surface area contributed by atoms with E-state index in [0.29, 0.717) is 0 Å². The number of halogens is 2. The summed E-state index contributed by atoms with van der Waals surface area (Å²) in [7, 11) is -4.11. The van der Waals surface area contributed by atoms with Gasteiger partial charge >= 0.3 is 0 Å². The predicted octanol–water partition coefficient (Wildman–Crippen LogP) is 0.832. The summed E-state index contributed by atoms with van der Waals surface area (Å²) >= 11 is 5.76. The number of anilines is 1. The lowest BCUT2D eigenvalue weighted by atomic mass is 10.2. The number of hydrogen-bond acceptors (Lipinski definition) is 5. The average molecular weight is 339 g/mol. The molecule has 2 unspecified atom stereocenters. The Kier molecular flexibility index (Phi) is 4.74. The van der Waals surface area contributed by atoms with Crippen molar-refractivity contribution in [3.05, 3.63) is 23.0 Å². The Morgan fingerprint density at radius 2 is 2.19 bits per heavy atom. The van der Waals surface area contributed by atoms with E-state index in [0.717, 1.165) is 16.4 Å². The van der Waals surface area contributed by atoms with Crippen molar-refractivity contribution in [2.24, 2.45) is 0 Å². The van der Waals surface area contributed by atoms with Gasteiger partial charge in [-0.2, -0.15) is 4.31 Å². The molecular formula is C12H16ClFN2O4S. The molecule has 1 aliphatic heterocycles. The molecule has 1 fully saturated rings. The summed E-state index contributed by atoms with van der Waals surface area (Å²) in [5.41, 5.74) is 5.09. The van der Waals surface area contributed by atoms with Crippen molar-refractivity contribution < 1.29 is 22.7 Å². The molecule has 2 rings (SSSR count). The van der Waals surface area contributed by atoms with Gasteiger partial charge in [-0.3, -0.25) is 0 Å². The summed E-state index contributed by atoms with van der Waals surface area (Å²) in [4.78, 5) is -0.571. The van der Waals surface area contributed by atoms with Crippen LogP contribution in [0.4, 0.5) is 10.1 Å². The maximum atomic E-state index is 14.0. The number of nitrogens with zero attached hydrogens (tertiary/aromatic N) is 1. The summed E-state index contributed by atoms with van der Waals surface area (Å²) in [5.74, 6) is -1.03. The van der Waals surface area contributed by atoms with Crippen molar-refractivity contribution >= 4 is 27.3 Å². The quantitative estimate of drug-likeness (QED) is 0.796. The fourth-order valence-corrected chi connectivity index (χ4v) is 4.17. The molecule has 0 amide bonds. The number of ether oxygens (including phenoxy) is 1. The highest BCUT2D eigenvalue weighted by atomic mass is 35.5. The Bertz CT molecular complexity index is 640. The lowest BCUT2D eigenvalue weighted by molar-refractivity contribution is -0.0750. The van der Waals surface area contributed by atoms with Crippen molar-refractivity contribution in [3.63, 3.8) is 0 Å². The molecule has 9 heteroatoms. The first-order chi connectivity index (χ1) is 9.75.